The highest BCUT2D eigenvalue weighted by atomic mass is 32.1. The Morgan fingerprint density at radius 3 is 2.60 bits per heavy atom. The maximum Gasteiger partial charge on any atom is 0.338 e. The van der Waals surface area contributed by atoms with E-state index in [0.29, 0.717) is 81.9 Å². The van der Waals surface area contributed by atoms with Gasteiger partial charge in [-0.2, -0.15) is 0 Å². The van der Waals surface area contributed by atoms with E-state index < -0.39 is 12.0 Å². The fourth-order valence-corrected chi connectivity index (χ4v) is 6.23. The Balaban J connectivity index is 1.52. The molecule has 238 valence electrons. The monoisotopic (exact) mass is 635 g/mol. The molecule has 0 radical (unpaired) electrons. The average Bonchev–Trinajstić information content (AvgIpc) is 3.33. The highest BCUT2D eigenvalue weighted by Gasteiger charge is 2.34. The molecular formula is C33H37N3O8S. The summed E-state index contributed by atoms with van der Waals surface area (Å²) in [4.78, 5) is 46.8. The Labute approximate surface area is 265 Å². The summed E-state index contributed by atoms with van der Waals surface area (Å²) in [5, 5.41) is 0. The van der Waals surface area contributed by atoms with Gasteiger partial charge in [0.05, 0.1) is 54.9 Å². The Bertz CT molecular complexity index is 1790. The van der Waals surface area contributed by atoms with Crippen LogP contribution in [0.15, 0.2) is 63.5 Å². The molecule has 3 aromatic rings. The van der Waals surface area contributed by atoms with Crippen molar-refractivity contribution in [3.63, 3.8) is 0 Å². The van der Waals surface area contributed by atoms with Crippen LogP contribution in [-0.2, 0) is 19.1 Å². The molecule has 1 aromatic heterocycles. The molecule has 45 heavy (non-hydrogen) atoms. The van der Waals surface area contributed by atoms with E-state index in [4.69, 9.17) is 23.7 Å². The van der Waals surface area contributed by atoms with Gasteiger partial charge in [-0.3, -0.25) is 14.2 Å². The van der Waals surface area contributed by atoms with Crippen LogP contribution in [0.25, 0.3) is 6.08 Å². The van der Waals surface area contributed by atoms with Crippen LogP contribution in [-0.4, -0.2) is 74.1 Å². The second kappa shape index (κ2) is 14.1. The number of rotatable bonds is 10. The predicted molar refractivity (Wildman–Crippen MR) is 168 cm³/mol. The molecule has 5 rings (SSSR count). The van der Waals surface area contributed by atoms with E-state index in [1.165, 1.54) is 15.9 Å². The molecule has 1 fully saturated rings. The predicted octanol–water partition coefficient (Wildman–Crippen LogP) is 2.83. The van der Waals surface area contributed by atoms with Gasteiger partial charge in [-0.25, -0.2) is 9.79 Å². The fraction of sp³-hybridized carbons (Fsp3) is 0.394. The number of ether oxygens (including phenoxy) is 5. The molecule has 0 aliphatic carbocycles. The Hall–Kier alpha value is -4.42. The number of carbonyl (C=O) groups is 2. The molecule has 3 heterocycles. The summed E-state index contributed by atoms with van der Waals surface area (Å²) >= 11 is 1.23. The normalized spacial score (nSPS) is 16.7. The number of morpholine rings is 1. The van der Waals surface area contributed by atoms with Gasteiger partial charge in [-0.15, -0.1) is 0 Å². The van der Waals surface area contributed by atoms with E-state index in [-0.39, 0.29) is 24.2 Å². The third kappa shape index (κ3) is 7.12. The first-order valence-electron chi connectivity index (χ1n) is 14.8. The van der Waals surface area contributed by atoms with E-state index >= 15 is 0 Å². The minimum atomic E-state index is -0.761. The molecule has 0 N–H and O–H groups in total. The minimum Gasteiger partial charge on any atom is -0.497 e. The number of amides is 1. The van der Waals surface area contributed by atoms with Crippen molar-refractivity contribution in [3.8, 4) is 17.2 Å². The standard InChI is InChI=1S/C33H37N3O8S/c1-6-42-26-16-22(10-11-25(26)43-19-28(37)35-12-14-41-15-13-35)17-27-31(38)36-30(23-8-7-9-24(18-23)40-5)29(32(39)44-20(2)3)21(4)34-33(36)45-27/h7-11,16-18,20,30H,6,12-15,19H2,1-5H3/b27-17-/t30-/m1/s1. The topological polar surface area (TPSA) is 118 Å². The number of nitrogens with zero attached hydrogens (tertiary/aromatic N) is 3. The lowest BCUT2D eigenvalue weighted by molar-refractivity contribution is -0.143. The Morgan fingerprint density at radius 2 is 1.89 bits per heavy atom. The van der Waals surface area contributed by atoms with Gasteiger partial charge in [0.15, 0.2) is 22.9 Å². The molecule has 1 saturated heterocycles. The molecule has 1 atom stereocenters. The van der Waals surface area contributed by atoms with Crippen LogP contribution in [0.1, 0.15) is 44.9 Å². The number of allylic oxidation sites excluding steroid dienone is 1. The molecule has 11 nitrogen and oxygen atoms in total. The van der Waals surface area contributed by atoms with Gasteiger partial charge < -0.3 is 28.6 Å². The van der Waals surface area contributed by atoms with Gasteiger partial charge in [-0.1, -0.05) is 29.5 Å². The molecule has 0 spiro atoms. The molecule has 12 heteroatoms. The summed E-state index contributed by atoms with van der Waals surface area (Å²) in [5.74, 6) is 0.829. The lowest BCUT2D eigenvalue weighted by Gasteiger charge is -2.26. The quantitative estimate of drug-likeness (QED) is 0.312. The van der Waals surface area contributed by atoms with E-state index in [0.717, 1.165) is 0 Å². The van der Waals surface area contributed by atoms with Crippen LogP contribution in [0, 0.1) is 0 Å². The lowest BCUT2D eigenvalue weighted by Crippen LogP contribution is -2.43. The van der Waals surface area contributed by atoms with E-state index in [9.17, 15) is 14.4 Å². The third-order valence-corrected chi connectivity index (χ3v) is 8.26. The summed E-state index contributed by atoms with van der Waals surface area (Å²) in [7, 11) is 1.56. The van der Waals surface area contributed by atoms with E-state index in [2.05, 4.69) is 4.99 Å². The minimum absolute atomic E-state index is 0.122. The van der Waals surface area contributed by atoms with E-state index in [1.807, 2.05) is 19.1 Å². The second-order valence-electron chi connectivity index (χ2n) is 10.7. The first-order valence-corrected chi connectivity index (χ1v) is 15.6. The van der Waals surface area contributed by atoms with Gasteiger partial charge in [0.2, 0.25) is 0 Å². The summed E-state index contributed by atoms with van der Waals surface area (Å²) in [6.45, 7) is 9.52. The van der Waals surface area contributed by atoms with Gasteiger partial charge in [0, 0.05) is 13.1 Å². The summed E-state index contributed by atoms with van der Waals surface area (Å²) in [6, 6.07) is 11.8. The van der Waals surface area contributed by atoms with Crippen molar-refractivity contribution >= 4 is 29.3 Å². The summed E-state index contributed by atoms with van der Waals surface area (Å²) in [6.07, 6.45) is 1.40. The van der Waals surface area contributed by atoms with Gasteiger partial charge in [0.1, 0.15) is 5.75 Å². The lowest BCUT2D eigenvalue weighted by atomic mass is 9.95. The highest BCUT2D eigenvalue weighted by molar-refractivity contribution is 7.07. The smallest absolute Gasteiger partial charge is 0.338 e. The molecule has 1 amide bonds. The third-order valence-electron chi connectivity index (χ3n) is 7.27. The number of esters is 1. The SMILES string of the molecule is CCOc1cc(/C=c2\sc3n(c2=O)[C@H](c2cccc(OC)c2)C(C(=O)OC(C)C)=C(C)N=3)ccc1OCC(=O)N1CCOCC1. The Morgan fingerprint density at radius 1 is 1.11 bits per heavy atom. The Kier molecular flexibility index (Phi) is 10.0. The zero-order chi connectivity index (χ0) is 32.1. The number of fused-ring (bicyclic) bond motifs is 1. The largest absolute Gasteiger partial charge is 0.497 e. The second-order valence-corrected chi connectivity index (χ2v) is 11.7. The average molecular weight is 636 g/mol. The van der Waals surface area contributed by atoms with Crippen LogP contribution in [0.3, 0.4) is 0 Å². The van der Waals surface area contributed by atoms with Gasteiger partial charge >= 0.3 is 5.97 Å². The number of hydrogen-bond donors (Lipinski definition) is 0. The van der Waals surface area contributed by atoms with Crippen LogP contribution in [0.4, 0.5) is 0 Å². The van der Waals surface area contributed by atoms with Crippen molar-refractivity contribution in [3.05, 3.63) is 84.5 Å². The number of methoxy groups -OCH3 is 1. The maximum atomic E-state index is 14.0. The van der Waals surface area contributed by atoms with Crippen molar-refractivity contribution in [2.45, 2.75) is 39.8 Å². The van der Waals surface area contributed by atoms with Gasteiger partial charge in [0.25, 0.3) is 11.5 Å². The molecule has 2 aromatic carbocycles. The van der Waals surface area contributed by atoms with E-state index in [1.54, 1.807) is 69.2 Å². The van der Waals surface area contributed by atoms with Crippen LogP contribution < -0.4 is 29.1 Å². The number of benzene rings is 2. The number of hydrogen-bond acceptors (Lipinski definition) is 10. The number of carbonyl (C=O) groups excluding carboxylic acids is 2. The molecule has 2 aliphatic heterocycles. The van der Waals surface area contributed by atoms with Crippen molar-refractivity contribution in [2.75, 3.05) is 46.6 Å². The van der Waals surface area contributed by atoms with Crippen molar-refractivity contribution in [1.82, 2.24) is 9.47 Å². The van der Waals surface area contributed by atoms with Crippen LogP contribution in [0.5, 0.6) is 17.2 Å². The van der Waals surface area contributed by atoms with Gasteiger partial charge in [-0.05, 0) is 69.2 Å². The number of aromatic nitrogens is 1. The first-order chi connectivity index (χ1) is 21.7. The van der Waals surface area contributed by atoms with Crippen LogP contribution in [0.2, 0.25) is 0 Å². The highest BCUT2D eigenvalue weighted by Crippen LogP contribution is 2.33. The zero-order valence-corrected chi connectivity index (χ0v) is 26.8. The molecule has 2 aliphatic rings. The number of thiazole rings is 1. The molecular weight excluding hydrogens is 598 g/mol. The first kappa shape index (κ1) is 32.0. The zero-order valence-electron chi connectivity index (χ0n) is 26.0. The maximum absolute atomic E-state index is 14.0. The van der Waals surface area contributed by atoms with Crippen molar-refractivity contribution in [1.29, 1.82) is 0 Å². The molecule has 0 unspecified atom stereocenters. The molecule has 0 saturated carbocycles. The van der Waals surface area contributed by atoms with Crippen molar-refractivity contribution < 1.29 is 33.3 Å². The summed E-state index contributed by atoms with van der Waals surface area (Å²) < 4.78 is 30.0. The summed E-state index contributed by atoms with van der Waals surface area (Å²) in [5.41, 5.74) is 1.86. The van der Waals surface area contributed by atoms with Crippen molar-refractivity contribution in [2.24, 2.45) is 4.99 Å². The molecule has 0 bridgehead atoms. The van der Waals surface area contributed by atoms with Crippen LogP contribution >= 0.6 is 11.3 Å². The fourth-order valence-electron chi connectivity index (χ4n) is 5.18.